The summed E-state index contributed by atoms with van der Waals surface area (Å²) in [4.78, 5) is 25.3. The number of aliphatic hydroxyl groups excluding tert-OH is 4. The highest BCUT2D eigenvalue weighted by Gasteiger charge is 2.35. The highest BCUT2D eigenvalue weighted by molar-refractivity contribution is 5.09. The van der Waals surface area contributed by atoms with E-state index < -0.39 is 49.0 Å². The molecule has 112 valence electrons. The molecule has 0 unspecified atom stereocenters. The molecule has 2 rings (SSSR count). The van der Waals surface area contributed by atoms with E-state index in [1.165, 1.54) is 0 Å². The number of nitrogens with one attached hydrogen (secondary N) is 1. The molecule has 0 aromatic carbocycles. The third kappa shape index (κ3) is 2.67. The zero-order valence-corrected chi connectivity index (χ0v) is 10.5. The molecule has 1 aromatic heterocycles. The van der Waals surface area contributed by atoms with Gasteiger partial charge in [-0.15, -0.1) is 0 Å². The normalized spacial score (nSPS) is 27.7. The van der Waals surface area contributed by atoms with Crippen molar-refractivity contribution in [2.75, 3.05) is 13.2 Å². The number of aromatic amines is 1. The van der Waals surface area contributed by atoms with Crippen molar-refractivity contribution in [3.8, 4) is 0 Å². The molecule has 1 aliphatic heterocycles. The van der Waals surface area contributed by atoms with Crippen molar-refractivity contribution in [3.63, 3.8) is 0 Å². The van der Waals surface area contributed by atoms with E-state index in [0.29, 0.717) is 0 Å². The van der Waals surface area contributed by atoms with E-state index in [2.05, 4.69) is 0 Å². The minimum Gasteiger partial charge on any atom is -0.394 e. The van der Waals surface area contributed by atoms with Gasteiger partial charge in [-0.2, -0.15) is 0 Å². The van der Waals surface area contributed by atoms with Crippen molar-refractivity contribution in [1.29, 1.82) is 0 Å². The van der Waals surface area contributed by atoms with Gasteiger partial charge in [0.25, 0.3) is 5.56 Å². The van der Waals surface area contributed by atoms with Crippen molar-refractivity contribution in [3.05, 3.63) is 32.6 Å². The number of H-pyrrole nitrogens is 1. The third-order valence-corrected chi connectivity index (χ3v) is 3.22. The van der Waals surface area contributed by atoms with E-state index in [1.54, 1.807) is 0 Å². The van der Waals surface area contributed by atoms with E-state index in [-0.39, 0.29) is 12.0 Å². The Kier molecular flexibility index (Phi) is 4.35. The fraction of sp³-hybridized carbons (Fsp3) is 0.636. The number of rotatable bonds is 4. The van der Waals surface area contributed by atoms with Crippen molar-refractivity contribution in [2.24, 2.45) is 0 Å². The molecule has 5 N–H and O–H groups in total. The molecule has 0 amide bonds. The van der Waals surface area contributed by atoms with E-state index in [1.807, 2.05) is 4.98 Å². The number of nitrogens with zero attached hydrogens (tertiary/aromatic N) is 1. The summed E-state index contributed by atoms with van der Waals surface area (Å²) in [5, 5.41) is 37.0. The molecule has 1 fully saturated rings. The van der Waals surface area contributed by atoms with Crippen LogP contribution in [0.4, 0.5) is 0 Å². The molecule has 0 aliphatic carbocycles. The van der Waals surface area contributed by atoms with Crippen LogP contribution in [0, 0.1) is 0 Å². The first-order chi connectivity index (χ1) is 9.47. The standard InChI is InChI=1S/C11H16N2O7/c14-3-7(17)5-2-13(11(19)12-10(5)18)9-1-6(16)8(4-15)20-9/h2,6-9,14-17H,1,3-4H2,(H,12,18,19)/t6-,7+,8+,9+/m0/s1. The summed E-state index contributed by atoms with van der Waals surface area (Å²) in [5.41, 5.74) is -1.75. The molecule has 4 atom stereocenters. The lowest BCUT2D eigenvalue weighted by atomic mass is 10.2. The van der Waals surface area contributed by atoms with Crippen LogP contribution in [0.5, 0.6) is 0 Å². The first-order valence-corrected chi connectivity index (χ1v) is 6.06. The minimum atomic E-state index is -1.43. The third-order valence-electron chi connectivity index (χ3n) is 3.22. The molecule has 9 nitrogen and oxygen atoms in total. The molecule has 0 radical (unpaired) electrons. The van der Waals surface area contributed by atoms with Crippen molar-refractivity contribution in [2.45, 2.75) is 31.0 Å². The zero-order chi connectivity index (χ0) is 14.9. The summed E-state index contributed by atoms with van der Waals surface area (Å²) in [6.07, 6.45) is -2.90. The van der Waals surface area contributed by atoms with Crippen LogP contribution in [0.1, 0.15) is 24.3 Å². The number of hydrogen-bond acceptors (Lipinski definition) is 7. The van der Waals surface area contributed by atoms with Crippen LogP contribution in [0.2, 0.25) is 0 Å². The number of hydrogen-bond donors (Lipinski definition) is 5. The van der Waals surface area contributed by atoms with E-state index in [9.17, 15) is 19.8 Å². The first-order valence-electron chi connectivity index (χ1n) is 6.06. The van der Waals surface area contributed by atoms with Gasteiger partial charge >= 0.3 is 5.69 Å². The molecule has 0 saturated carbocycles. The van der Waals surface area contributed by atoms with Crippen LogP contribution in [-0.4, -0.2) is 55.4 Å². The Morgan fingerprint density at radius 3 is 2.70 bits per heavy atom. The van der Waals surface area contributed by atoms with Gasteiger partial charge in [0.15, 0.2) is 0 Å². The summed E-state index contributed by atoms with van der Waals surface area (Å²) in [6.45, 7) is -1.07. The molecule has 9 heteroatoms. The lowest BCUT2D eigenvalue weighted by Gasteiger charge is -2.16. The average Bonchev–Trinajstić information content (AvgIpc) is 2.79. The predicted octanol–water partition coefficient (Wildman–Crippen LogP) is -2.80. The van der Waals surface area contributed by atoms with E-state index in [0.717, 1.165) is 10.8 Å². The Balaban J connectivity index is 2.38. The van der Waals surface area contributed by atoms with Crippen LogP contribution in [0.15, 0.2) is 15.8 Å². The first kappa shape index (κ1) is 14.9. The summed E-state index contributed by atoms with van der Waals surface area (Å²) >= 11 is 0. The topological polar surface area (TPSA) is 145 Å². The molecule has 20 heavy (non-hydrogen) atoms. The smallest absolute Gasteiger partial charge is 0.330 e. The highest BCUT2D eigenvalue weighted by atomic mass is 16.5. The number of ether oxygens (including phenoxy) is 1. The van der Waals surface area contributed by atoms with Crippen LogP contribution in [0.25, 0.3) is 0 Å². The Labute approximate surface area is 112 Å². The highest BCUT2D eigenvalue weighted by Crippen LogP contribution is 2.27. The second kappa shape index (κ2) is 5.85. The van der Waals surface area contributed by atoms with Crippen LogP contribution in [0.3, 0.4) is 0 Å². The van der Waals surface area contributed by atoms with Crippen LogP contribution < -0.4 is 11.2 Å². The maximum atomic E-state index is 11.7. The molecule has 1 saturated heterocycles. The van der Waals surface area contributed by atoms with Crippen LogP contribution >= 0.6 is 0 Å². The second-order valence-electron chi connectivity index (χ2n) is 4.56. The van der Waals surface area contributed by atoms with Crippen molar-refractivity contribution < 1.29 is 25.2 Å². The Morgan fingerprint density at radius 1 is 1.45 bits per heavy atom. The number of aromatic nitrogens is 2. The molecule has 0 spiro atoms. The lowest BCUT2D eigenvalue weighted by molar-refractivity contribution is -0.0462. The van der Waals surface area contributed by atoms with Gasteiger partial charge in [-0.1, -0.05) is 0 Å². The molecule has 1 aliphatic rings. The van der Waals surface area contributed by atoms with Gasteiger partial charge in [0, 0.05) is 12.6 Å². The fourth-order valence-electron chi connectivity index (χ4n) is 2.10. The van der Waals surface area contributed by atoms with Gasteiger partial charge in [0.05, 0.1) is 24.9 Å². The predicted molar refractivity (Wildman–Crippen MR) is 65.0 cm³/mol. The number of aliphatic hydroxyl groups is 4. The van der Waals surface area contributed by atoms with Crippen LogP contribution in [-0.2, 0) is 4.74 Å². The Bertz CT molecular complexity index is 581. The molecule has 2 heterocycles. The van der Waals surface area contributed by atoms with E-state index in [4.69, 9.17) is 14.9 Å². The maximum Gasteiger partial charge on any atom is 0.330 e. The monoisotopic (exact) mass is 288 g/mol. The molecular formula is C11H16N2O7. The van der Waals surface area contributed by atoms with Gasteiger partial charge in [-0.3, -0.25) is 14.3 Å². The molecule has 0 bridgehead atoms. The minimum absolute atomic E-state index is 0.0613. The summed E-state index contributed by atoms with van der Waals surface area (Å²) in [7, 11) is 0. The fourth-order valence-corrected chi connectivity index (χ4v) is 2.10. The molecule has 1 aromatic rings. The van der Waals surface area contributed by atoms with Gasteiger partial charge in [0.2, 0.25) is 0 Å². The molecular weight excluding hydrogens is 272 g/mol. The van der Waals surface area contributed by atoms with Gasteiger partial charge in [-0.05, 0) is 0 Å². The summed E-state index contributed by atoms with van der Waals surface area (Å²) in [6, 6.07) is 0. The van der Waals surface area contributed by atoms with E-state index >= 15 is 0 Å². The largest absolute Gasteiger partial charge is 0.394 e. The summed E-state index contributed by atoms with van der Waals surface area (Å²) < 4.78 is 6.30. The summed E-state index contributed by atoms with van der Waals surface area (Å²) in [5.74, 6) is 0. The van der Waals surface area contributed by atoms with Gasteiger partial charge < -0.3 is 25.2 Å². The average molecular weight is 288 g/mol. The quantitative estimate of drug-likeness (QED) is 0.402. The van der Waals surface area contributed by atoms with Gasteiger partial charge in [0.1, 0.15) is 18.4 Å². The van der Waals surface area contributed by atoms with Gasteiger partial charge in [-0.25, -0.2) is 4.79 Å². The Hall–Kier alpha value is -1.52. The SMILES string of the molecule is O=c1[nH]c(=O)n([C@H]2C[C@H](O)[C@@H](CO)O2)cc1[C@H](O)CO. The van der Waals surface area contributed by atoms with Crippen molar-refractivity contribution >= 4 is 0 Å². The maximum absolute atomic E-state index is 11.7. The zero-order valence-electron chi connectivity index (χ0n) is 10.5. The Morgan fingerprint density at radius 2 is 2.15 bits per heavy atom. The second-order valence-corrected chi connectivity index (χ2v) is 4.56. The van der Waals surface area contributed by atoms with Crippen molar-refractivity contribution in [1.82, 2.24) is 9.55 Å². The lowest BCUT2D eigenvalue weighted by Crippen LogP contribution is -2.35.